The third kappa shape index (κ3) is 4.28. The van der Waals surface area contributed by atoms with Gasteiger partial charge in [-0.1, -0.05) is 25.0 Å². The standard InChI is InChI=1S/C19H28N4O/c1-2-20-19(22-16-6-3-4-7-16)21-14-15-9-11-17(12-10-15)23-13-5-8-18(23)24/h9-12,16H,2-8,13-14H2,1H3,(H2,20,21,22). The van der Waals surface area contributed by atoms with Gasteiger partial charge in [0.25, 0.3) is 0 Å². The molecule has 2 fully saturated rings. The Morgan fingerprint density at radius 3 is 2.58 bits per heavy atom. The van der Waals surface area contributed by atoms with Gasteiger partial charge in [0.05, 0.1) is 6.54 Å². The van der Waals surface area contributed by atoms with E-state index in [9.17, 15) is 4.79 Å². The summed E-state index contributed by atoms with van der Waals surface area (Å²) in [4.78, 5) is 18.4. The molecule has 1 aliphatic heterocycles. The molecule has 1 saturated carbocycles. The lowest BCUT2D eigenvalue weighted by atomic mass is 10.2. The van der Waals surface area contributed by atoms with E-state index in [1.54, 1.807) is 0 Å². The largest absolute Gasteiger partial charge is 0.357 e. The van der Waals surface area contributed by atoms with Crippen LogP contribution in [0.3, 0.4) is 0 Å². The highest BCUT2D eigenvalue weighted by Crippen LogP contribution is 2.22. The molecule has 3 rings (SSSR count). The molecule has 130 valence electrons. The first-order valence-electron chi connectivity index (χ1n) is 9.20. The normalized spacial score (nSPS) is 19.1. The second-order valence-electron chi connectivity index (χ2n) is 6.64. The van der Waals surface area contributed by atoms with Gasteiger partial charge in [-0.3, -0.25) is 4.79 Å². The van der Waals surface area contributed by atoms with Gasteiger partial charge >= 0.3 is 0 Å². The predicted molar refractivity (Wildman–Crippen MR) is 98.2 cm³/mol. The maximum Gasteiger partial charge on any atom is 0.227 e. The number of carbonyl (C=O) groups is 1. The van der Waals surface area contributed by atoms with Gasteiger partial charge in [0.1, 0.15) is 0 Å². The number of guanidine groups is 1. The van der Waals surface area contributed by atoms with Gasteiger partial charge in [0.2, 0.25) is 5.91 Å². The molecule has 1 aliphatic carbocycles. The number of benzene rings is 1. The fourth-order valence-electron chi connectivity index (χ4n) is 3.46. The molecule has 1 saturated heterocycles. The molecule has 0 atom stereocenters. The topological polar surface area (TPSA) is 56.7 Å². The summed E-state index contributed by atoms with van der Waals surface area (Å²) in [6.07, 6.45) is 6.74. The summed E-state index contributed by atoms with van der Waals surface area (Å²) in [6, 6.07) is 8.77. The van der Waals surface area contributed by atoms with Crippen LogP contribution in [-0.4, -0.2) is 31.0 Å². The molecule has 1 heterocycles. The van der Waals surface area contributed by atoms with Crippen LogP contribution in [0, 0.1) is 0 Å². The number of hydrogen-bond donors (Lipinski definition) is 2. The third-order valence-electron chi connectivity index (χ3n) is 4.78. The van der Waals surface area contributed by atoms with Crippen molar-refractivity contribution in [2.45, 2.75) is 58.0 Å². The minimum atomic E-state index is 0.232. The van der Waals surface area contributed by atoms with Gasteiger partial charge in [-0.25, -0.2) is 4.99 Å². The van der Waals surface area contributed by atoms with Crippen LogP contribution in [0.15, 0.2) is 29.3 Å². The van der Waals surface area contributed by atoms with Crippen LogP contribution in [0.25, 0.3) is 0 Å². The number of amides is 1. The summed E-state index contributed by atoms with van der Waals surface area (Å²) >= 11 is 0. The molecule has 0 spiro atoms. The van der Waals surface area contributed by atoms with Gasteiger partial charge < -0.3 is 15.5 Å². The highest BCUT2D eigenvalue weighted by atomic mass is 16.2. The van der Waals surface area contributed by atoms with E-state index in [1.165, 1.54) is 25.7 Å². The maximum absolute atomic E-state index is 11.8. The first-order chi connectivity index (χ1) is 11.8. The number of rotatable bonds is 5. The molecule has 0 bridgehead atoms. The minimum Gasteiger partial charge on any atom is -0.357 e. The van der Waals surface area contributed by atoms with Crippen LogP contribution < -0.4 is 15.5 Å². The van der Waals surface area contributed by atoms with Crippen molar-refractivity contribution in [1.82, 2.24) is 10.6 Å². The Bertz CT molecular complexity index is 576. The zero-order valence-corrected chi connectivity index (χ0v) is 14.6. The molecular formula is C19H28N4O. The molecule has 24 heavy (non-hydrogen) atoms. The average Bonchev–Trinajstić information content (AvgIpc) is 3.25. The lowest BCUT2D eigenvalue weighted by Crippen LogP contribution is -2.42. The van der Waals surface area contributed by atoms with E-state index in [4.69, 9.17) is 4.99 Å². The van der Waals surface area contributed by atoms with Crippen molar-refractivity contribution in [2.24, 2.45) is 4.99 Å². The summed E-state index contributed by atoms with van der Waals surface area (Å²) in [5, 5.41) is 6.86. The number of carbonyl (C=O) groups excluding carboxylic acids is 1. The molecule has 5 nitrogen and oxygen atoms in total. The first-order valence-corrected chi connectivity index (χ1v) is 9.20. The van der Waals surface area contributed by atoms with Crippen LogP contribution in [-0.2, 0) is 11.3 Å². The Kier molecular flexibility index (Phi) is 5.72. The zero-order chi connectivity index (χ0) is 16.8. The zero-order valence-electron chi connectivity index (χ0n) is 14.6. The van der Waals surface area contributed by atoms with E-state index < -0.39 is 0 Å². The lowest BCUT2D eigenvalue weighted by Gasteiger charge is -2.17. The van der Waals surface area contributed by atoms with Crippen molar-refractivity contribution in [3.05, 3.63) is 29.8 Å². The van der Waals surface area contributed by atoms with Gasteiger partial charge in [-0.05, 0) is 43.9 Å². The third-order valence-corrected chi connectivity index (χ3v) is 4.78. The molecule has 0 aromatic heterocycles. The predicted octanol–water partition coefficient (Wildman–Crippen LogP) is 2.81. The number of hydrogen-bond acceptors (Lipinski definition) is 2. The maximum atomic E-state index is 11.8. The number of aliphatic imine (C=N–C) groups is 1. The van der Waals surface area contributed by atoms with Crippen LogP contribution in [0.5, 0.6) is 0 Å². The van der Waals surface area contributed by atoms with E-state index in [1.807, 2.05) is 17.0 Å². The molecule has 5 heteroatoms. The van der Waals surface area contributed by atoms with Crippen LogP contribution in [0.4, 0.5) is 5.69 Å². The monoisotopic (exact) mass is 328 g/mol. The quantitative estimate of drug-likeness (QED) is 0.645. The van der Waals surface area contributed by atoms with Gasteiger partial charge in [-0.15, -0.1) is 0 Å². The van der Waals surface area contributed by atoms with Crippen molar-refractivity contribution in [1.29, 1.82) is 0 Å². The smallest absolute Gasteiger partial charge is 0.227 e. The summed E-state index contributed by atoms with van der Waals surface area (Å²) in [7, 11) is 0. The van der Waals surface area contributed by atoms with E-state index in [-0.39, 0.29) is 5.91 Å². The second-order valence-corrected chi connectivity index (χ2v) is 6.64. The summed E-state index contributed by atoms with van der Waals surface area (Å²) in [5.41, 5.74) is 2.16. The molecule has 1 amide bonds. The Morgan fingerprint density at radius 1 is 1.21 bits per heavy atom. The van der Waals surface area contributed by atoms with E-state index in [2.05, 4.69) is 29.7 Å². The highest BCUT2D eigenvalue weighted by Gasteiger charge is 2.21. The molecule has 1 aromatic rings. The van der Waals surface area contributed by atoms with Gasteiger partial charge in [0.15, 0.2) is 5.96 Å². The van der Waals surface area contributed by atoms with Crippen LogP contribution in [0.1, 0.15) is 51.0 Å². The molecule has 0 unspecified atom stereocenters. The van der Waals surface area contributed by atoms with Gasteiger partial charge in [-0.2, -0.15) is 0 Å². The molecule has 2 aliphatic rings. The average molecular weight is 328 g/mol. The Morgan fingerprint density at radius 2 is 1.96 bits per heavy atom. The van der Waals surface area contributed by atoms with Crippen molar-refractivity contribution >= 4 is 17.6 Å². The lowest BCUT2D eigenvalue weighted by molar-refractivity contribution is -0.117. The SMILES string of the molecule is CCNC(=NCc1ccc(N2CCCC2=O)cc1)NC1CCCC1. The van der Waals surface area contributed by atoms with Crippen LogP contribution >= 0.6 is 0 Å². The summed E-state index contributed by atoms with van der Waals surface area (Å²) < 4.78 is 0. The molecule has 0 radical (unpaired) electrons. The summed E-state index contributed by atoms with van der Waals surface area (Å²) in [5.74, 6) is 1.14. The molecular weight excluding hydrogens is 300 g/mol. The number of nitrogens with zero attached hydrogens (tertiary/aromatic N) is 2. The highest BCUT2D eigenvalue weighted by molar-refractivity contribution is 5.95. The van der Waals surface area contributed by atoms with E-state index in [0.29, 0.717) is 19.0 Å². The first kappa shape index (κ1) is 16.8. The molecule has 1 aromatic carbocycles. The fraction of sp³-hybridized carbons (Fsp3) is 0.579. The van der Waals surface area contributed by atoms with E-state index in [0.717, 1.165) is 36.7 Å². The van der Waals surface area contributed by atoms with Crippen LogP contribution in [0.2, 0.25) is 0 Å². The van der Waals surface area contributed by atoms with E-state index >= 15 is 0 Å². The minimum absolute atomic E-state index is 0.232. The Balaban J connectivity index is 1.59. The summed E-state index contributed by atoms with van der Waals surface area (Å²) in [6.45, 7) is 4.45. The van der Waals surface area contributed by atoms with Crippen molar-refractivity contribution in [3.63, 3.8) is 0 Å². The number of anilines is 1. The Labute approximate surface area is 144 Å². The van der Waals surface area contributed by atoms with Crippen molar-refractivity contribution in [3.8, 4) is 0 Å². The Hall–Kier alpha value is -2.04. The van der Waals surface area contributed by atoms with Crippen molar-refractivity contribution in [2.75, 3.05) is 18.0 Å². The van der Waals surface area contributed by atoms with Crippen molar-refractivity contribution < 1.29 is 4.79 Å². The number of nitrogens with one attached hydrogen (secondary N) is 2. The molecule has 2 N–H and O–H groups in total. The fourth-order valence-corrected chi connectivity index (χ4v) is 3.46. The second kappa shape index (κ2) is 8.18. The van der Waals surface area contributed by atoms with Gasteiger partial charge in [0, 0.05) is 31.2 Å².